The van der Waals surface area contributed by atoms with Crippen molar-refractivity contribution in [1.82, 2.24) is 0 Å². The van der Waals surface area contributed by atoms with Crippen LogP contribution in [0.25, 0.3) is 0 Å². The van der Waals surface area contributed by atoms with Gasteiger partial charge < -0.3 is 0 Å². The zero-order chi connectivity index (χ0) is 6.57. The topological polar surface area (TPSA) is 0 Å². The Morgan fingerprint density at radius 3 is 3.50 bits per heavy atom. The Morgan fingerprint density at radius 2 is 3.33 bits per heavy atom. The van der Waals surface area contributed by atoms with Crippen LogP contribution in [0.4, 0.5) is 4.20 Å². The molecule has 0 aromatic rings. The van der Waals surface area contributed by atoms with E-state index in [0.717, 1.165) is 5.87 Å². The van der Waals surface area contributed by atoms with E-state index >= 15 is 0 Å². The molecule has 0 spiro atoms. The molecule has 6 heteroatoms. The SMILES string of the molecule is [2H]P=[Te]([3H])P(F)B=S. The molecule has 1 atom stereocenters. The Labute approximate surface area is 55.4 Å². The van der Waals surface area contributed by atoms with Crippen LogP contribution in [0, 0.1) is 0 Å². The molecule has 0 rings (SSSR count). The van der Waals surface area contributed by atoms with Gasteiger partial charge in [0, 0.05) is 0 Å². The summed E-state index contributed by atoms with van der Waals surface area (Å²) in [7, 11) is 0. The zero-order valence-corrected chi connectivity index (χ0v) is 7.60. The minimum absolute atomic E-state index is 0.181. The van der Waals surface area contributed by atoms with Crippen molar-refractivity contribution < 1.29 is 4.20 Å². The maximum atomic E-state index is 12.2. The second kappa shape index (κ2) is 4.88. The van der Waals surface area contributed by atoms with Gasteiger partial charge in [0.25, 0.3) is 0 Å². The van der Waals surface area contributed by atoms with Gasteiger partial charge in [-0.3, -0.25) is 0 Å². The summed E-state index contributed by atoms with van der Waals surface area (Å²) in [6.07, 6.45) is 0.181. The van der Waals surface area contributed by atoms with Crippen molar-refractivity contribution in [2.75, 3.05) is 0 Å². The molecular weight excluding hydrogens is 251 g/mol. The number of halogens is 1. The van der Waals surface area contributed by atoms with Gasteiger partial charge in [-0.1, -0.05) is 0 Å². The third-order valence-corrected chi connectivity index (χ3v) is 7.67. The van der Waals surface area contributed by atoms with E-state index in [4.69, 9.17) is 1.89 Å². The van der Waals surface area contributed by atoms with E-state index in [9.17, 15) is 4.20 Å². The van der Waals surface area contributed by atoms with E-state index in [1.54, 1.807) is 0 Å². The average molecular weight is 256 g/mol. The predicted octanol–water partition coefficient (Wildman–Crippen LogP) is 1.49. The van der Waals surface area contributed by atoms with Gasteiger partial charge in [0.2, 0.25) is 0 Å². The Balaban J connectivity index is 3.81. The fraction of sp³-hybridized carbons (Fsp3) is 0. The van der Waals surface area contributed by atoms with E-state index in [1.165, 1.54) is 0 Å². The van der Waals surface area contributed by atoms with Gasteiger partial charge in [0.1, 0.15) is 0 Å². The normalized spacial score (nSPS) is 23.5. The van der Waals surface area contributed by atoms with Gasteiger partial charge in [0.15, 0.2) is 0 Å². The number of hydrogen-bond donors (Lipinski definition) is 0. The maximum absolute atomic E-state index is 12.2. The summed E-state index contributed by atoms with van der Waals surface area (Å²) < 4.78 is 25.8. The first-order chi connectivity index (χ1) is 3.72. The fourth-order valence-corrected chi connectivity index (χ4v) is 3.49. The second-order valence-corrected chi connectivity index (χ2v) is 9.68. The average Bonchev–Trinajstić information content (AvgIpc) is 1.84. The Bertz CT molecular complexity index is 119. The molecular formula is H2BFP2STe. The number of rotatable bonds is 2. The van der Waals surface area contributed by atoms with E-state index in [2.05, 4.69) is 12.1 Å². The molecule has 6 heavy (non-hydrogen) atoms. The first-order valence-electron chi connectivity index (χ1n) is 1.88. The van der Waals surface area contributed by atoms with Crippen molar-refractivity contribution in [2.24, 2.45) is 0 Å². The van der Waals surface area contributed by atoms with E-state index in [0.29, 0.717) is 0 Å². The van der Waals surface area contributed by atoms with Crippen molar-refractivity contribution in [1.29, 1.82) is 1.89 Å². The predicted molar refractivity (Wildman–Crippen MR) is 36.8 cm³/mol. The Morgan fingerprint density at radius 1 is 2.67 bits per heavy atom. The zero-order valence-electron chi connectivity index (χ0n) is 4.67. The molecule has 0 N–H and O–H groups in total. The van der Waals surface area contributed by atoms with Crippen LogP contribution in [0.2, 0.25) is 0 Å². The summed E-state index contributed by atoms with van der Waals surface area (Å²) in [5, 5.41) is 0. The fourth-order valence-electron chi connectivity index (χ4n) is 0.0192. The van der Waals surface area contributed by atoms with Crippen LogP contribution < -0.4 is 0 Å². The van der Waals surface area contributed by atoms with E-state index in [1.807, 2.05) is 0 Å². The summed E-state index contributed by atoms with van der Waals surface area (Å²) in [5.41, 5.74) is 0. The first kappa shape index (κ1) is 4.60. The van der Waals surface area contributed by atoms with Crippen LogP contribution >= 0.6 is 24.3 Å². The van der Waals surface area contributed by atoms with Gasteiger partial charge in [-0.2, -0.15) is 0 Å². The minimum atomic E-state index is -2.42. The molecule has 0 nitrogen and oxygen atoms in total. The summed E-state index contributed by atoms with van der Waals surface area (Å²) in [4.78, 5) is 0. The standard InChI is InChI=1S/BFH2P2STe/c2-4(1-5)6-3/h3,6H/i3D,6T. The Hall–Kier alpha value is 1.73. The molecule has 0 aromatic heterocycles. The molecule has 0 aliphatic rings. The van der Waals surface area contributed by atoms with Gasteiger partial charge in [-0.05, 0) is 0 Å². The van der Waals surface area contributed by atoms with Gasteiger partial charge in [-0.15, -0.1) is 0 Å². The van der Waals surface area contributed by atoms with Crippen molar-refractivity contribution in [3.05, 3.63) is 0 Å². The summed E-state index contributed by atoms with van der Waals surface area (Å²) >= 11 is 1.87. The number of hydrogen-bond acceptors (Lipinski definition) is 1. The van der Waals surface area contributed by atoms with Crippen molar-refractivity contribution >= 4 is 49.3 Å². The van der Waals surface area contributed by atoms with Crippen LogP contribution in [0.3, 0.4) is 0 Å². The molecule has 0 amide bonds. The molecule has 0 bridgehead atoms. The van der Waals surface area contributed by atoms with Crippen molar-refractivity contribution in [3.8, 4) is 0 Å². The van der Waals surface area contributed by atoms with Gasteiger partial charge in [-0.25, -0.2) is 0 Å². The molecule has 1 unspecified atom stereocenters. The van der Waals surface area contributed by atoms with Crippen LogP contribution in [0.1, 0.15) is 0 Å². The van der Waals surface area contributed by atoms with Crippen LogP contribution in [0.15, 0.2) is 0 Å². The molecule has 0 aliphatic carbocycles. The molecule has 34 valence electrons. The summed E-state index contributed by atoms with van der Waals surface area (Å²) in [6, 6.07) is 0. The summed E-state index contributed by atoms with van der Waals surface area (Å²) in [6.45, 7) is 0. The third-order valence-electron chi connectivity index (χ3n) is 0.161. The molecule has 0 saturated heterocycles. The van der Waals surface area contributed by atoms with Crippen LogP contribution in [0.5, 0.6) is 0 Å². The van der Waals surface area contributed by atoms with E-state index < -0.39 is 24.9 Å². The van der Waals surface area contributed by atoms with Crippen molar-refractivity contribution in [2.45, 2.75) is 0 Å². The molecule has 0 aliphatic heterocycles. The van der Waals surface area contributed by atoms with Gasteiger partial charge >= 0.3 is 55.4 Å². The summed E-state index contributed by atoms with van der Waals surface area (Å²) in [5.74, 6) is -0.798. The quantitative estimate of drug-likeness (QED) is 0.533. The molecule has 0 radical (unpaired) electrons. The molecule has 0 saturated carbocycles. The second-order valence-electron chi connectivity index (χ2n) is 0.459. The van der Waals surface area contributed by atoms with Crippen LogP contribution in [-0.2, 0) is 0 Å². The molecule has 0 aromatic carbocycles. The van der Waals surface area contributed by atoms with Gasteiger partial charge in [0.05, 0.1) is 0 Å². The van der Waals surface area contributed by atoms with Crippen LogP contribution in [-0.4, -0.2) is 26.9 Å². The third kappa shape index (κ3) is 3.91. The molecule has 0 heterocycles. The monoisotopic (exact) mass is 259 g/mol. The van der Waals surface area contributed by atoms with E-state index in [-0.39, 0.29) is 6.41 Å². The first-order valence-corrected chi connectivity index (χ1v) is 9.34. The van der Waals surface area contributed by atoms with Crippen molar-refractivity contribution in [3.63, 3.8) is 0 Å². The Kier molecular flexibility index (Phi) is 3.74. The molecule has 0 fully saturated rings.